The minimum Gasteiger partial charge on any atom is -0.465 e. The number of hydrazine groups is 1. The summed E-state index contributed by atoms with van der Waals surface area (Å²) in [4.78, 5) is 37.9. The van der Waals surface area contributed by atoms with Crippen LogP contribution in [0.25, 0.3) is 0 Å². The van der Waals surface area contributed by atoms with E-state index in [1.54, 1.807) is 39.8 Å². The summed E-state index contributed by atoms with van der Waals surface area (Å²) < 4.78 is 18.4. The predicted octanol–water partition coefficient (Wildman–Crippen LogP) is 5.04. The monoisotopic (exact) mass is 526 g/mol. The number of carbonyl (C=O) groups excluding carboxylic acids is 3. The van der Waals surface area contributed by atoms with E-state index in [-0.39, 0.29) is 35.7 Å². The van der Waals surface area contributed by atoms with Gasteiger partial charge in [-0.3, -0.25) is 14.6 Å². The molecule has 0 unspecified atom stereocenters. The van der Waals surface area contributed by atoms with Gasteiger partial charge in [-0.05, 0) is 62.9 Å². The molecule has 31 heavy (non-hydrogen) atoms. The number of hydrogen-bond donors (Lipinski definition) is 0. The molecule has 0 saturated carbocycles. The lowest BCUT2D eigenvalue weighted by molar-refractivity contribution is -0.119. The smallest absolute Gasteiger partial charge is 0.348 e. The van der Waals surface area contributed by atoms with Gasteiger partial charge in [0.1, 0.15) is 16.5 Å². The topological polar surface area (TPSA) is 66.9 Å². The van der Waals surface area contributed by atoms with Crippen LogP contribution in [0, 0.1) is 5.82 Å². The number of methoxy groups -OCH3 is 1. The maximum Gasteiger partial charge on any atom is 0.348 e. The Kier molecular flexibility index (Phi) is 8.28. The van der Waals surface area contributed by atoms with Crippen LogP contribution in [0.1, 0.15) is 26.5 Å². The highest BCUT2D eigenvalue weighted by Gasteiger charge is 2.23. The normalized spacial score (nSPS) is 13.6. The highest BCUT2D eigenvalue weighted by molar-refractivity contribution is 9.10. The quantitative estimate of drug-likeness (QED) is 0.426. The van der Waals surface area contributed by atoms with Crippen LogP contribution in [0.3, 0.4) is 0 Å². The highest BCUT2D eigenvalue weighted by atomic mass is 79.9. The molecule has 0 fully saturated rings. The third kappa shape index (κ3) is 6.41. The average Bonchev–Trinajstić information content (AvgIpc) is 3.22. The number of nitrogens with zero attached hydrogens (tertiary/aromatic N) is 2. The van der Waals surface area contributed by atoms with E-state index >= 15 is 0 Å². The maximum absolute atomic E-state index is 13.4. The maximum atomic E-state index is 13.4. The summed E-state index contributed by atoms with van der Waals surface area (Å²) in [5, 5.41) is 4.92. The zero-order valence-electron chi connectivity index (χ0n) is 16.7. The van der Waals surface area contributed by atoms with Crippen LogP contribution >= 0.6 is 39.0 Å². The summed E-state index contributed by atoms with van der Waals surface area (Å²) in [5.41, 5.74) is 0.732. The zero-order valence-corrected chi connectivity index (χ0v) is 19.9. The fraction of sp³-hybridized carbons (Fsp3) is 0.286. The molecule has 10 heteroatoms. The number of benzene rings is 1. The van der Waals surface area contributed by atoms with Gasteiger partial charge in [0.15, 0.2) is 0 Å². The predicted molar refractivity (Wildman–Crippen MR) is 122 cm³/mol. The van der Waals surface area contributed by atoms with Crippen molar-refractivity contribution in [2.24, 2.45) is 0 Å². The first kappa shape index (κ1) is 23.5. The number of thiophene rings is 1. The molecule has 0 bridgehead atoms. The summed E-state index contributed by atoms with van der Waals surface area (Å²) in [6, 6.07) is 8.08. The first-order valence-corrected chi connectivity index (χ1v) is 11.9. The molecule has 1 amide bonds. The van der Waals surface area contributed by atoms with Gasteiger partial charge in [-0.15, -0.1) is 11.3 Å². The number of rotatable bonds is 9. The number of ether oxygens (including phenoxy) is 1. The average molecular weight is 527 g/mol. The van der Waals surface area contributed by atoms with Gasteiger partial charge in [0, 0.05) is 43.4 Å². The van der Waals surface area contributed by atoms with Gasteiger partial charge >= 0.3 is 11.2 Å². The molecule has 0 aliphatic carbocycles. The molecule has 1 aliphatic rings. The lowest BCUT2D eigenvalue weighted by Gasteiger charge is -2.35. The standard InChI is InChI=1S/C21H20BrFN2O4S2/c1-29-20(27)19-5-3-16(31-19)7-9-25-21(28)30-11-10-24(25)8-6-15(26)12-14-2-4-18(23)17(22)13-14/h2-5,10-11,13H,6-9,12H2,1H3. The Morgan fingerprint density at radius 3 is 2.74 bits per heavy atom. The van der Waals surface area contributed by atoms with Gasteiger partial charge < -0.3 is 4.74 Å². The molecule has 1 aliphatic heterocycles. The second-order valence-electron chi connectivity index (χ2n) is 6.68. The highest BCUT2D eigenvalue weighted by Crippen LogP contribution is 2.23. The summed E-state index contributed by atoms with van der Waals surface area (Å²) >= 11 is 5.55. The summed E-state index contributed by atoms with van der Waals surface area (Å²) in [5.74, 6) is -0.749. The summed E-state index contributed by atoms with van der Waals surface area (Å²) in [6.45, 7) is 0.790. The summed E-state index contributed by atoms with van der Waals surface area (Å²) in [7, 11) is 1.34. The van der Waals surface area contributed by atoms with Gasteiger partial charge in [-0.25, -0.2) is 14.2 Å². The van der Waals surface area contributed by atoms with E-state index in [9.17, 15) is 18.8 Å². The molecule has 2 aromatic rings. The van der Waals surface area contributed by atoms with Crippen LogP contribution in [-0.4, -0.2) is 47.2 Å². The van der Waals surface area contributed by atoms with Crippen LogP contribution in [0.2, 0.25) is 0 Å². The summed E-state index contributed by atoms with van der Waals surface area (Å²) in [6.07, 6.45) is 2.81. The molecule has 0 atom stereocenters. The molecule has 0 saturated heterocycles. The Hall–Kier alpha value is -2.17. The molecule has 164 valence electrons. The van der Waals surface area contributed by atoms with Crippen molar-refractivity contribution in [2.45, 2.75) is 19.3 Å². The van der Waals surface area contributed by atoms with Gasteiger partial charge in [-0.2, -0.15) is 0 Å². The number of carbonyl (C=O) groups is 3. The minimum absolute atomic E-state index is 0.00138. The molecule has 1 aromatic carbocycles. The molecule has 2 heterocycles. The molecule has 3 rings (SSSR count). The Bertz CT molecular complexity index is 1010. The van der Waals surface area contributed by atoms with Crippen molar-refractivity contribution in [2.75, 3.05) is 20.2 Å². The lowest BCUT2D eigenvalue weighted by atomic mass is 10.1. The van der Waals surface area contributed by atoms with Gasteiger partial charge in [0.05, 0.1) is 11.6 Å². The Morgan fingerprint density at radius 1 is 1.19 bits per heavy atom. The molecular formula is C21H20BrFN2O4S2. The Morgan fingerprint density at radius 2 is 2.00 bits per heavy atom. The van der Waals surface area contributed by atoms with E-state index in [0.717, 1.165) is 22.2 Å². The van der Waals surface area contributed by atoms with E-state index in [1.807, 2.05) is 6.07 Å². The Labute approximate surface area is 196 Å². The number of hydrogen-bond acceptors (Lipinski definition) is 7. The largest absolute Gasteiger partial charge is 0.465 e. The number of halogens is 2. The van der Waals surface area contributed by atoms with Crippen LogP contribution in [-0.2, 0) is 22.4 Å². The van der Waals surface area contributed by atoms with Crippen molar-refractivity contribution in [1.82, 2.24) is 10.0 Å². The van der Waals surface area contributed by atoms with Crippen molar-refractivity contribution in [3.63, 3.8) is 0 Å². The molecule has 0 radical (unpaired) electrons. The van der Waals surface area contributed by atoms with E-state index in [2.05, 4.69) is 15.9 Å². The van der Waals surface area contributed by atoms with Gasteiger partial charge in [-0.1, -0.05) is 6.07 Å². The third-order valence-corrected chi connectivity index (χ3v) is 6.95. The Balaban J connectivity index is 1.55. The second-order valence-corrected chi connectivity index (χ2v) is 9.56. The number of thioether (sulfide) groups is 1. The van der Waals surface area contributed by atoms with E-state index in [1.165, 1.54) is 24.5 Å². The molecule has 0 N–H and O–H groups in total. The first-order valence-electron chi connectivity index (χ1n) is 9.41. The SMILES string of the molecule is COC(=O)c1ccc(CCN2C(=O)SC=CN2CCC(=O)Cc2ccc(F)c(Br)c2)s1. The number of ketones is 1. The molecule has 6 nitrogen and oxygen atoms in total. The number of esters is 1. The van der Waals surface area contributed by atoms with Crippen LogP contribution in [0.4, 0.5) is 9.18 Å². The number of Topliss-reactive ketones (excluding diaryl/α,β-unsaturated/α-hetero) is 1. The molecular weight excluding hydrogens is 507 g/mol. The van der Waals surface area contributed by atoms with Crippen LogP contribution in [0.5, 0.6) is 0 Å². The lowest BCUT2D eigenvalue weighted by Crippen LogP contribution is -2.45. The fourth-order valence-electron chi connectivity index (χ4n) is 2.96. The van der Waals surface area contributed by atoms with E-state index in [0.29, 0.717) is 28.9 Å². The van der Waals surface area contributed by atoms with E-state index < -0.39 is 0 Å². The zero-order chi connectivity index (χ0) is 22.4. The molecule has 0 spiro atoms. The van der Waals surface area contributed by atoms with Crippen molar-refractivity contribution in [1.29, 1.82) is 0 Å². The van der Waals surface area contributed by atoms with Crippen molar-refractivity contribution in [3.05, 3.63) is 67.5 Å². The second kappa shape index (κ2) is 10.9. The first-order chi connectivity index (χ1) is 14.9. The van der Waals surface area contributed by atoms with Gasteiger partial charge in [0.25, 0.3) is 0 Å². The minimum atomic E-state index is -0.378. The van der Waals surface area contributed by atoms with Crippen molar-refractivity contribution in [3.8, 4) is 0 Å². The van der Waals surface area contributed by atoms with Crippen LogP contribution in [0.15, 0.2) is 46.4 Å². The third-order valence-electron chi connectivity index (χ3n) is 4.55. The van der Waals surface area contributed by atoms with Gasteiger partial charge in [0.2, 0.25) is 0 Å². The van der Waals surface area contributed by atoms with E-state index in [4.69, 9.17) is 4.74 Å². The number of amides is 1. The van der Waals surface area contributed by atoms with Crippen molar-refractivity contribution >= 4 is 56.0 Å². The van der Waals surface area contributed by atoms with Crippen LogP contribution < -0.4 is 0 Å². The molecule has 1 aromatic heterocycles. The van der Waals surface area contributed by atoms with Crippen molar-refractivity contribution < 1.29 is 23.5 Å². The fourth-order valence-corrected chi connectivity index (χ4v) is 4.94.